The molecular formula is C16H25N3O. The van der Waals surface area contributed by atoms with Crippen LogP contribution in [0.5, 0.6) is 0 Å². The van der Waals surface area contributed by atoms with Gasteiger partial charge in [-0.25, -0.2) is 4.98 Å². The maximum atomic E-state index is 12.1. The molecule has 1 aromatic heterocycles. The van der Waals surface area contributed by atoms with E-state index in [2.05, 4.69) is 15.3 Å². The van der Waals surface area contributed by atoms with Crippen LogP contribution in [0.1, 0.15) is 69.0 Å². The molecule has 3 rings (SSSR count). The minimum atomic E-state index is 0.0723. The molecule has 0 bridgehead atoms. The standard InChI is InChI=1S/C16H25N3O/c20-15-13-10-6-7-11-14(13)18-16(19-15)17-12-8-4-2-1-3-5-9-12/h12H,1-11H2,(H2,17,18,19,20). The predicted octanol–water partition coefficient (Wildman–Crippen LogP) is 3.17. The highest BCUT2D eigenvalue weighted by molar-refractivity contribution is 5.32. The summed E-state index contributed by atoms with van der Waals surface area (Å²) in [6, 6.07) is 0.472. The Morgan fingerprint density at radius 1 is 0.950 bits per heavy atom. The molecule has 0 aromatic carbocycles. The van der Waals surface area contributed by atoms with Gasteiger partial charge in [-0.2, -0.15) is 0 Å². The summed E-state index contributed by atoms with van der Waals surface area (Å²) in [5.74, 6) is 0.696. The molecule has 0 aliphatic heterocycles. The van der Waals surface area contributed by atoms with Gasteiger partial charge >= 0.3 is 0 Å². The number of aryl methyl sites for hydroxylation is 1. The number of nitrogens with zero attached hydrogens (tertiary/aromatic N) is 1. The highest BCUT2D eigenvalue weighted by atomic mass is 16.1. The first kappa shape index (κ1) is 13.7. The van der Waals surface area contributed by atoms with Crippen LogP contribution in [0.3, 0.4) is 0 Å². The van der Waals surface area contributed by atoms with Crippen LogP contribution in [0.15, 0.2) is 4.79 Å². The minimum Gasteiger partial charge on any atom is -0.353 e. The minimum absolute atomic E-state index is 0.0723. The number of fused-ring (bicyclic) bond motifs is 1. The third-order valence-corrected chi connectivity index (χ3v) is 4.64. The van der Waals surface area contributed by atoms with Gasteiger partial charge in [-0.05, 0) is 38.5 Å². The second-order valence-electron chi connectivity index (χ2n) is 6.23. The predicted molar refractivity (Wildman–Crippen MR) is 81.2 cm³/mol. The zero-order chi connectivity index (χ0) is 13.8. The van der Waals surface area contributed by atoms with Crippen molar-refractivity contribution in [2.75, 3.05) is 5.32 Å². The third kappa shape index (κ3) is 3.22. The summed E-state index contributed by atoms with van der Waals surface area (Å²) >= 11 is 0. The zero-order valence-corrected chi connectivity index (χ0v) is 12.2. The normalized spacial score (nSPS) is 20.8. The fourth-order valence-electron chi connectivity index (χ4n) is 3.47. The van der Waals surface area contributed by atoms with Crippen molar-refractivity contribution in [1.82, 2.24) is 9.97 Å². The van der Waals surface area contributed by atoms with Gasteiger partial charge in [0.05, 0.1) is 5.69 Å². The number of aromatic nitrogens is 2. The van der Waals surface area contributed by atoms with Crippen molar-refractivity contribution >= 4 is 5.95 Å². The quantitative estimate of drug-likeness (QED) is 0.871. The van der Waals surface area contributed by atoms with E-state index in [4.69, 9.17) is 0 Å². The lowest BCUT2D eigenvalue weighted by Crippen LogP contribution is -2.27. The van der Waals surface area contributed by atoms with Crippen molar-refractivity contribution in [3.8, 4) is 0 Å². The average Bonchev–Trinajstić information content (AvgIpc) is 2.42. The van der Waals surface area contributed by atoms with Crippen LogP contribution in [0.2, 0.25) is 0 Å². The van der Waals surface area contributed by atoms with E-state index >= 15 is 0 Å². The summed E-state index contributed by atoms with van der Waals surface area (Å²) in [4.78, 5) is 19.7. The molecule has 1 heterocycles. The molecule has 1 aromatic rings. The average molecular weight is 275 g/mol. The summed E-state index contributed by atoms with van der Waals surface area (Å²) in [7, 11) is 0. The highest BCUT2D eigenvalue weighted by Gasteiger charge is 2.17. The number of hydrogen-bond acceptors (Lipinski definition) is 3. The number of H-pyrrole nitrogens is 1. The first-order valence-corrected chi connectivity index (χ1v) is 8.21. The van der Waals surface area contributed by atoms with Crippen LogP contribution in [0.4, 0.5) is 5.95 Å². The molecule has 0 spiro atoms. The van der Waals surface area contributed by atoms with Crippen molar-refractivity contribution in [2.24, 2.45) is 0 Å². The van der Waals surface area contributed by atoms with E-state index in [1.807, 2.05) is 0 Å². The number of aromatic amines is 1. The Bertz CT molecular complexity index is 501. The molecule has 0 atom stereocenters. The molecule has 4 nitrogen and oxygen atoms in total. The van der Waals surface area contributed by atoms with E-state index < -0.39 is 0 Å². The Labute approximate surface area is 120 Å². The third-order valence-electron chi connectivity index (χ3n) is 4.64. The van der Waals surface area contributed by atoms with Crippen molar-refractivity contribution < 1.29 is 0 Å². The Morgan fingerprint density at radius 3 is 2.45 bits per heavy atom. The lowest BCUT2D eigenvalue weighted by Gasteiger charge is -2.22. The summed E-state index contributed by atoms with van der Waals surface area (Å²) in [5.41, 5.74) is 2.01. The number of rotatable bonds is 2. The van der Waals surface area contributed by atoms with Gasteiger partial charge in [0.1, 0.15) is 0 Å². The molecule has 0 radical (unpaired) electrons. The summed E-state index contributed by atoms with van der Waals surface area (Å²) in [6.07, 6.45) is 13.1. The van der Waals surface area contributed by atoms with Crippen molar-refractivity contribution in [1.29, 1.82) is 0 Å². The van der Waals surface area contributed by atoms with E-state index in [9.17, 15) is 4.79 Å². The second kappa shape index (κ2) is 6.42. The smallest absolute Gasteiger partial charge is 0.255 e. The Morgan fingerprint density at radius 2 is 1.65 bits per heavy atom. The lowest BCUT2D eigenvalue weighted by molar-refractivity contribution is 0.469. The van der Waals surface area contributed by atoms with E-state index in [-0.39, 0.29) is 5.56 Å². The molecule has 1 fully saturated rings. The van der Waals surface area contributed by atoms with Gasteiger partial charge in [-0.1, -0.05) is 32.1 Å². The number of hydrogen-bond donors (Lipinski definition) is 2. The molecule has 2 aliphatic rings. The summed E-state index contributed by atoms with van der Waals surface area (Å²) in [6.45, 7) is 0. The van der Waals surface area contributed by atoms with Crippen LogP contribution in [-0.2, 0) is 12.8 Å². The molecule has 0 amide bonds. The monoisotopic (exact) mass is 275 g/mol. The molecule has 1 saturated carbocycles. The van der Waals surface area contributed by atoms with Crippen molar-refractivity contribution in [3.63, 3.8) is 0 Å². The van der Waals surface area contributed by atoms with Crippen LogP contribution in [-0.4, -0.2) is 16.0 Å². The second-order valence-corrected chi connectivity index (χ2v) is 6.23. The largest absolute Gasteiger partial charge is 0.353 e. The van der Waals surface area contributed by atoms with Gasteiger partial charge in [-0.3, -0.25) is 9.78 Å². The van der Waals surface area contributed by atoms with Gasteiger partial charge < -0.3 is 5.32 Å². The summed E-state index contributed by atoms with van der Waals surface area (Å²) < 4.78 is 0. The maximum Gasteiger partial charge on any atom is 0.255 e. The molecule has 4 heteroatoms. The van der Waals surface area contributed by atoms with E-state index in [1.165, 1.54) is 44.9 Å². The van der Waals surface area contributed by atoms with Gasteiger partial charge in [0.2, 0.25) is 5.95 Å². The molecule has 0 saturated heterocycles. The van der Waals surface area contributed by atoms with E-state index in [0.717, 1.165) is 36.9 Å². The zero-order valence-electron chi connectivity index (χ0n) is 12.2. The maximum absolute atomic E-state index is 12.1. The summed E-state index contributed by atoms with van der Waals surface area (Å²) in [5, 5.41) is 3.47. The van der Waals surface area contributed by atoms with Crippen LogP contribution >= 0.6 is 0 Å². The molecule has 0 unspecified atom stereocenters. The van der Waals surface area contributed by atoms with E-state index in [1.54, 1.807) is 0 Å². The lowest BCUT2D eigenvalue weighted by atomic mass is 9.96. The Kier molecular flexibility index (Phi) is 4.38. The SMILES string of the molecule is O=c1[nH]c(NC2CCCCCCC2)nc2c1CCCC2. The van der Waals surface area contributed by atoms with Gasteiger partial charge in [0.15, 0.2) is 0 Å². The molecular weight excluding hydrogens is 250 g/mol. The Balaban J connectivity index is 1.73. The van der Waals surface area contributed by atoms with Crippen LogP contribution in [0, 0.1) is 0 Å². The van der Waals surface area contributed by atoms with Gasteiger partial charge in [-0.15, -0.1) is 0 Å². The molecule has 20 heavy (non-hydrogen) atoms. The van der Waals surface area contributed by atoms with Crippen LogP contribution in [0.25, 0.3) is 0 Å². The first-order chi connectivity index (χ1) is 9.83. The molecule has 2 aliphatic carbocycles. The van der Waals surface area contributed by atoms with Crippen LogP contribution < -0.4 is 10.9 Å². The Hall–Kier alpha value is -1.32. The van der Waals surface area contributed by atoms with Crippen molar-refractivity contribution in [3.05, 3.63) is 21.6 Å². The highest BCUT2D eigenvalue weighted by Crippen LogP contribution is 2.21. The molecule has 110 valence electrons. The van der Waals surface area contributed by atoms with Gasteiger partial charge in [0.25, 0.3) is 5.56 Å². The first-order valence-electron chi connectivity index (χ1n) is 8.21. The topological polar surface area (TPSA) is 57.8 Å². The van der Waals surface area contributed by atoms with Gasteiger partial charge in [0, 0.05) is 11.6 Å². The number of anilines is 1. The fraction of sp³-hybridized carbons (Fsp3) is 0.750. The number of nitrogens with one attached hydrogen (secondary N) is 2. The van der Waals surface area contributed by atoms with Crippen molar-refractivity contribution in [2.45, 2.75) is 76.7 Å². The molecule has 2 N–H and O–H groups in total. The fourth-order valence-corrected chi connectivity index (χ4v) is 3.47. The van der Waals surface area contributed by atoms with E-state index in [0.29, 0.717) is 12.0 Å².